The maximum Gasteiger partial charge on any atom is 0.162 e. The summed E-state index contributed by atoms with van der Waals surface area (Å²) < 4.78 is 27.9. The van der Waals surface area contributed by atoms with Crippen LogP contribution in [0.2, 0.25) is 0 Å². The van der Waals surface area contributed by atoms with Crippen LogP contribution in [-0.2, 0) is 0 Å². The highest BCUT2D eigenvalue weighted by atomic mass is 19.2. The fourth-order valence-electron chi connectivity index (χ4n) is 4.15. The first-order valence-electron chi connectivity index (χ1n) is 8.69. The lowest BCUT2D eigenvalue weighted by Crippen LogP contribution is -2.22. The Hall–Kier alpha value is -1.18. The Kier molecular flexibility index (Phi) is 4.65. The quantitative estimate of drug-likeness (QED) is 0.575. The maximum atomic E-state index is 14.1. The maximum absolute atomic E-state index is 14.1. The van der Waals surface area contributed by atoms with E-state index in [4.69, 9.17) is 0 Å². The normalized spacial score (nSPS) is 32.2. The van der Waals surface area contributed by atoms with Crippen LogP contribution in [0.5, 0.6) is 0 Å². The second kappa shape index (κ2) is 6.52. The van der Waals surface area contributed by atoms with Crippen molar-refractivity contribution in [2.75, 3.05) is 0 Å². The van der Waals surface area contributed by atoms with E-state index in [0.717, 1.165) is 24.7 Å². The topological polar surface area (TPSA) is 0 Å². The van der Waals surface area contributed by atoms with Crippen molar-refractivity contribution in [3.8, 4) is 0 Å². The number of benzene rings is 1. The lowest BCUT2D eigenvalue weighted by Gasteiger charge is -2.34. The predicted molar refractivity (Wildman–Crippen MR) is 86.8 cm³/mol. The molecule has 0 aliphatic heterocycles. The minimum Gasteiger partial charge on any atom is -0.203 e. The van der Waals surface area contributed by atoms with Gasteiger partial charge in [-0.25, -0.2) is 8.78 Å². The molecule has 0 N–H and O–H groups in total. The van der Waals surface area contributed by atoms with Crippen LogP contribution in [0.3, 0.4) is 0 Å². The zero-order chi connectivity index (χ0) is 15.7. The summed E-state index contributed by atoms with van der Waals surface area (Å²) >= 11 is 0. The molecule has 0 nitrogen and oxygen atoms in total. The van der Waals surface area contributed by atoms with Crippen molar-refractivity contribution in [1.29, 1.82) is 0 Å². The van der Waals surface area contributed by atoms with Gasteiger partial charge in [-0.3, -0.25) is 0 Å². The zero-order valence-corrected chi connectivity index (χ0v) is 13.6. The average Bonchev–Trinajstić information content (AvgIpc) is 2.54. The smallest absolute Gasteiger partial charge is 0.162 e. The van der Waals surface area contributed by atoms with Crippen LogP contribution < -0.4 is 0 Å². The highest BCUT2D eigenvalue weighted by molar-refractivity contribution is 5.31. The fourth-order valence-corrected chi connectivity index (χ4v) is 4.15. The van der Waals surface area contributed by atoms with Gasteiger partial charge in [-0.05, 0) is 61.5 Å². The molecule has 0 radical (unpaired) electrons. The zero-order valence-electron chi connectivity index (χ0n) is 13.6. The Balaban J connectivity index is 1.70. The van der Waals surface area contributed by atoms with Crippen molar-refractivity contribution in [1.82, 2.24) is 0 Å². The summed E-state index contributed by atoms with van der Waals surface area (Å²) in [5, 5.41) is 0. The summed E-state index contributed by atoms with van der Waals surface area (Å²) in [7, 11) is 0. The van der Waals surface area contributed by atoms with Crippen molar-refractivity contribution in [3.05, 3.63) is 47.0 Å². The molecule has 1 fully saturated rings. The molecule has 22 heavy (non-hydrogen) atoms. The van der Waals surface area contributed by atoms with Crippen LogP contribution in [0.25, 0.3) is 0 Å². The van der Waals surface area contributed by atoms with Crippen molar-refractivity contribution < 1.29 is 8.78 Å². The molecule has 2 aliphatic rings. The first kappa shape index (κ1) is 15.7. The number of hydrogen-bond donors (Lipinski definition) is 0. The first-order chi connectivity index (χ1) is 10.6. The molecule has 0 saturated heterocycles. The molecule has 0 heterocycles. The SMILES string of the molecule is Cc1ccc(C2C=CC(C3CCC(C)CC3)CC2)c(F)c1F. The van der Waals surface area contributed by atoms with Crippen LogP contribution in [0.4, 0.5) is 8.78 Å². The average molecular weight is 304 g/mol. The van der Waals surface area contributed by atoms with Gasteiger partial charge in [0.1, 0.15) is 0 Å². The van der Waals surface area contributed by atoms with Crippen LogP contribution in [0.1, 0.15) is 62.5 Å². The molecule has 2 unspecified atom stereocenters. The monoisotopic (exact) mass is 304 g/mol. The largest absolute Gasteiger partial charge is 0.203 e. The highest BCUT2D eigenvalue weighted by Crippen LogP contribution is 2.41. The van der Waals surface area contributed by atoms with Crippen LogP contribution in [0.15, 0.2) is 24.3 Å². The number of rotatable bonds is 2. The number of allylic oxidation sites excluding steroid dienone is 2. The van der Waals surface area contributed by atoms with Gasteiger partial charge in [-0.1, -0.05) is 44.1 Å². The van der Waals surface area contributed by atoms with Gasteiger partial charge in [0, 0.05) is 5.92 Å². The molecule has 0 aromatic heterocycles. The number of hydrogen-bond acceptors (Lipinski definition) is 0. The summed E-state index contributed by atoms with van der Waals surface area (Å²) in [6, 6.07) is 3.45. The van der Waals surface area contributed by atoms with Gasteiger partial charge in [-0.15, -0.1) is 0 Å². The van der Waals surface area contributed by atoms with Gasteiger partial charge >= 0.3 is 0 Å². The van der Waals surface area contributed by atoms with Gasteiger partial charge in [0.05, 0.1) is 0 Å². The van der Waals surface area contributed by atoms with Crippen LogP contribution in [0, 0.1) is 36.3 Å². The summed E-state index contributed by atoms with van der Waals surface area (Å²) in [6.45, 7) is 3.96. The molecule has 0 bridgehead atoms. The third kappa shape index (κ3) is 3.11. The summed E-state index contributed by atoms with van der Waals surface area (Å²) in [5.74, 6) is 1.01. The van der Waals surface area contributed by atoms with E-state index in [9.17, 15) is 8.78 Å². The van der Waals surface area contributed by atoms with Crippen molar-refractivity contribution in [2.24, 2.45) is 17.8 Å². The molecule has 1 aromatic carbocycles. The Labute approximate surface area is 132 Å². The van der Waals surface area contributed by atoms with E-state index in [1.807, 2.05) is 0 Å². The van der Waals surface area contributed by atoms with Gasteiger partial charge < -0.3 is 0 Å². The number of aryl methyl sites for hydroxylation is 1. The molecule has 1 saturated carbocycles. The first-order valence-corrected chi connectivity index (χ1v) is 8.69. The molecule has 2 heteroatoms. The summed E-state index contributed by atoms with van der Waals surface area (Å²) in [6.07, 6.45) is 11.8. The lowest BCUT2D eigenvalue weighted by atomic mass is 9.71. The van der Waals surface area contributed by atoms with E-state index in [1.54, 1.807) is 19.1 Å². The van der Waals surface area contributed by atoms with Crippen LogP contribution in [-0.4, -0.2) is 0 Å². The molecule has 120 valence electrons. The molecular weight excluding hydrogens is 278 g/mol. The second-order valence-corrected chi connectivity index (χ2v) is 7.35. The highest BCUT2D eigenvalue weighted by Gasteiger charge is 2.28. The van der Waals surface area contributed by atoms with E-state index in [0.29, 0.717) is 17.0 Å². The standard InChI is InChI=1S/C20H26F2/c1-13-3-6-15(7-4-13)16-8-10-17(11-9-16)18-12-5-14(2)19(21)20(18)22/h5,8,10,12-13,15-17H,3-4,6-7,9,11H2,1-2H3. The summed E-state index contributed by atoms with van der Waals surface area (Å²) in [4.78, 5) is 0. The van der Waals surface area contributed by atoms with E-state index in [2.05, 4.69) is 19.1 Å². The van der Waals surface area contributed by atoms with Gasteiger partial charge in [0.2, 0.25) is 0 Å². The molecule has 0 spiro atoms. The van der Waals surface area contributed by atoms with E-state index >= 15 is 0 Å². The van der Waals surface area contributed by atoms with Gasteiger partial charge in [0.25, 0.3) is 0 Å². The summed E-state index contributed by atoms with van der Waals surface area (Å²) in [5.41, 5.74) is 0.908. The van der Waals surface area contributed by atoms with E-state index in [1.165, 1.54) is 25.7 Å². The van der Waals surface area contributed by atoms with E-state index < -0.39 is 11.6 Å². The third-order valence-corrected chi connectivity index (χ3v) is 5.77. The molecule has 2 aliphatic carbocycles. The Morgan fingerprint density at radius 1 is 0.864 bits per heavy atom. The van der Waals surface area contributed by atoms with Crippen molar-refractivity contribution in [3.63, 3.8) is 0 Å². The Bertz CT molecular complexity index is 553. The fraction of sp³-hybridized carbons (Fsp3) is 0.600. The lowest BCUT2D eigenvalue weighted by molar-refractivity contribution is 0.225. The van der Waals surface area contributed by atoms with Gasteiger partial charge in [-0.2, -0.15) is 0 Å². The minimum atomic E-state index is -0.686. The van der Waals surface area contributed by atoms with Crippen molar-refractivity contribution >= 4 is 0 Å². The molecule has 2 atom stereocenters. The van der Waals surface area contributed by atoms with Crippen LogP contribution >= 0.6 is 0 Å². The predicted octanol–water partition coefficient (Wildman–Crippen LogP) is 6.15. The Morgan fingerprint density at radius 2 is 1.59 bits per heavy atom. The third-order valence-electron chi connectivity index (χ3n) is 5.77. The Morgan fingerprint density at radius 3 is 2.23 bits per heavy atom. The molecule has 3 rings (SSSR count). The van der Waals surface area contributed by atoms with E-state index in [-0.39, 0.29) is 5.92 Å². The van der Waals surface area contributed by atoms with Crippen molar-refractivity contribution in [2.45, 2.75) is 58.3 Å². The number of halogens is 2. The minimum absolute atomic E-state index is 0.0360. The molecular formula is C20H26F2. The molecule has 1 aromatic rings. The second-order valence-electron chi connectivity index (χ2n) is 7.35. The van der Waals surface area contributed by atoms with Gasteiger partial charge in [0.15, 0.2) is 11.6 Å². The molecule has 0 amide bonds.